The second kappa shape index (κ2) is 4.68. The molecular weight excluding hydrogens is 239 g/mol. The number of halogens is 1. The average molecular weight is 252 g/mol. The lowest BCUT2D eigenvalue weighted by molar-refractivity contribution is -0.142. The first-order valence-corrected chi connectivity index (χ1v) is 5.55. The first kappa shape index (κ1) is 12.4. The van der Waals surface area contributed by atoms with E-state index in [1.54, 1.807) is 19.9 Å². The van der Waals surface area contributed by atoms with Crippen LogP contribution in [0.3, 0.4) is 0 Å². The minimum atomic E-state index is -0.803. The number of aliphatic hydroxyl groups excluding tert-OH is 1. The molecule has 1 N–H and O–H groups in total. The highest BCUT2D eigenvalue weighted by Gasteiger charge is 2.26. The van der Waals surface area contributed by atoms with Crippen LogP contribution in [0.2, 0.25) is 0 Å². The number of carbonyl (C=O) groups is 1. The lowest BCUT2D eigenvalue weighted by Gasteiger charge is -2.13. The topological polar surface area (TPSA) is 55.8 Å². The van der Waals surface area contributed by atoms with Gasteiger partial charge in [0.2, 0.25) is 5.76 Å². The molecule has 0 aromatic heterocycles. The van der Waals surface area contributed by atoms with Gasteiger partial charge in [-0.3, -0.25) is 0 Å². The third-order valence-corrected chi connectivity index (χ3v) is 2.40. The molecule has 1 heterocycles. The fraction of sp³-hybridized carbons (Fsp3) is 0.308. The Morgan fingerprint density at radius 3 is 2.67 bits per heavy atom. The zero-order chi connectivity index (χ0) is 13.3. The Balaban J connectivity index is 2.22. The van der Waals surface area contributed by atoms with E-state index < -0.39 is 23.6 Å². The van der Waals surface area contributed by atoms with Gasteiger partial charge in [0, 0.05) is 6.08 Å². The molecule has 96 valence electrons. The van der Waals surface area contributed by atoms with Crippen LogP contribution in [0, 0.1) is 5.82 Å². The van der Waals surface area contributed by atoms with Gasteiger partial charge in [-0.05, 0) is 31.5 Å². The fourth-order valence-electron chi connectivity index (χ4n) is 1.63. The lowest BCUT2D eigenvalue weighted by atomic mass is 10.1. The van der Waals surface area contributed by atoms with Crippen LogP contribution in [0.5, 0.6) is 5.75 Å². The molecule has 5 heteroatoms. The van der Waals surface area contributed by atoms with Crippen molar-refractivity contribution in [3.63, 3.8) is 0 Å². The van der Waals surface area contributed by atoms with Crippen molar-refractivity contribution >= 4 is 5.97 Å². The summed E-state index contributed by atoms with van der Waals surface area (Å²) in [6.45, 7) is 3.60. The smallest absolute Gasteiger partial charge is 0.374 e. The zero-order valence-corrected chi connectivity index (χ0v) is 10.0. The number of aliphatic hydroxyl groups is 1. The van der Waals surface area contributed by atoms with Gasteiger partial charge in [-0.1, -0.05) is 6.07 Å². The van der Waals surface area contributed by atoms with E-state index in [9.17, 15) is 9.18 Å². The third kappa shape index (κ3) is 2.45. The minimum Gasteiger partial charge on any atom is -0.502 e. The van der Waals surface area contributed by atoms with Crippen molar-refractivity contribution in [3.05, 3.63) is 41.4 Å². The number of carbonyl (C=O) groups excluding carboxylic acids is 1. The van der Waals surface area contributed by atoms with Crippen LogP contribution >= 0.6 is 0 Å². The van der Waals surface area contributed by atoms with Gasteiger partial charge in [-0.25, -0.2) is 9.18 Å². The fourth-order valence-corrected chi connectivity index (χ4v) is 1.63. The molecule has 0 aliphatic carbocycles. The molecule has 0 bridgehead atoms. The molecule has 0 fully saturated rings. The maximum Gasteiger partial charge on any atom is 0.374 e. The van der Waals surface area contributed by atoms with Crippen molar-refractivity contribution in [1.82, 2.24) is 0 Å². The second-order valence-electron chi connectivity index (χ2n) is 4.23. The predicted molar refractivity (Wildman–Crippen MR) is 61.7 cm³/mol. The molecule has 1 unspecified atom stereocenters. The molecule has 0 spiro atoms. The van der Waals surface area contributed by atoms with Gasteiger partial charge in [-0.2, -0.15) is 0 Å². The first-order valence-electron chi connectivity index (χ1n) is 5.55. The van der Waals surface area contributed by atoms with Gasteiger partial charge >= 0.3 is 5.97 Å². The van der Waals surface area contributed by atoms with Crippen LogP contribution < -0.4 is 4.74 Å². The monoisotopic (exact) mass is 252 g/mol. The molecule has 2 rings (SSSR count). The Kier molecular flexibility index (Phi) is 3.23. The number of rotatable bonds is 3. The van der Waals surface area contributed by atoms with Crippen LogP contribution in [0.4, 0.5) is 4.39 Å². The SMILES string of the molecule is CC(C)Oc1ccc(C2C=C(O)C(=O)O2)cc1F. The van der Waals surface area contributed by atoms with Crippen LogP contribution in [0.15, 0.2) is 30.0 Å². The Hall–Kier alpha value is -2.04. The molecule has 0 saturated heterocycles. The number of hydrogen-bond donors (Lipinski definition) is 1. The van der Waals surface area contributed by atoms with Crippen molar-refractivity contribution in [1.29, 1.82) is 0 Å². The highest BCUT2D eigenvalue weighted by molar-refractivity contribution is 5.88. The zero-order valence-electron chi connectivity index (χ0n) is 10.0. The summed E-state index contributed by atoms with van der Waals surface area (Å²) in [5.41, 5.74) is 0.445. The van der Waals surface area contributed by atoms with E-state index >= 15 is 0 Å². The summed E-state index contributed by atoms with van der Waals surface area (Å²) < 4.78 is 23.8. The first-order chi connectivity index (χ1) is 8.47. The molecule has 1 aromatic rings. The van der Waals surface area contributed by atoms with E-state index in [1.807, 2.05) is 0 Å². The largest absolute Gasteiger partial charge is 0.502 e. The van der Waals surface area contributed by atoms with Gasteiger partial charge < -0.3 is 14.6 Å². The quantitative estimate of drug-likeness (QED) is 0.840. The highest BCUT2D eigenvalue weighted by Crippen LogP contribution is 2.29. The molecule has 1 aliphatic heterocycles. The van der Waals surface area contributed by atoms with Crippen LogP contribution in [-0.4, -0.2) is 17.2 Å². The minimum absolute atomic E-state index is 0.126. The molecule has 4 nitrogen and oxygen atoms in total. The highest BCUT2D eigenvalue weighted by atomic mass is 19.1. The number of cyclic esters (lactones) is 1. The third-order valence-electron chi connectivity index (χ3n) is 2.40. The Morgan fingerprint density at radius 1 is 1.44 bits per heavy atom. The van der Waals surface area contributed by atoms with Gasteiger partial charge in [0.15, 0.2) is 11.6 Å². The number of esters is 1. The van der Waals surface area contributed by atoms with Crippen LogP contribution in [-0.2, 0) is 9.53 Å². The number of ether oxygens (including phenoxy) is 2. The predicted octanol–water partition coefficient (Wildman–Crippen LogP) is 2.65. The summed E-state index contributed by atoms with van der Waals surface area (Å²) >= 11 is 0. The van der Waals surface area contributed by atoms with E-state index in [0.717, 1.165) is 0 Å². The maximum atomic E-state index is 13.7. The van der Waals surface area contributed by atoms with Crippen molar-refractivity contribution < 1.29 is 23.8 Å². The van der Waals surface area contributed by atoms with Gasteiger partial charge in [0.1, 0.15) is 6.10 Å². The number of hydrogen-bond acceptors (Lipinski definition) is 4. The molecule has 18 heavy (non-hydrogen) atoms. The molecular formula is C13H13FO4. The van der Waals surface area contributed by atoms with Crippen molar-refractivity contribution in [2.75, 3.05) is 0 Å². The molecule has 1 aliphatic rings. The van der Waals surface area contributed by atoms with Crippen molar-refractivity contribution in [3.8, 4) is 5.75 Å². The lowest BCUT2D eigenvalue weighted by Crippen LogP contribution is -2.08. The summed E-state index contributed by atoms with van der Waals surface area (Å²) in [7, 11) is 0. The van der Waals surface area contributed by atoms with Gasteiger partial charge in [0.05, 0.1) is 6.10 Å². The standard InChI is InChI=1S/C13H13FO4/c1-7(2)17-11-4-3-8(5-9(11)14)12-6-10(15)13(16)18-12/h3-7,12,15H,1-2H3. The summed E-state index contributed by atoms with van der Waals surface area (Å²) in [5.74, 6) is -1.64. The van der Waals surface area contributed by atoms with Crippen LogP contribution in [0.25, 0.3) is 0 Å². The van der Waals surface area contributed by atoms with Gasteiger partial charge in [-0.15, -0.1) is 0 Å². The van der Waals surface area contributed by atoms with E-state index in [-0.39, 0.29) is 11.9 Å². The summed E-state index contributed by atoms with van der Waals surface area (Å²) in [5, 5.41) is 9.14. The van der Waals surface area contributed by atoms with E-state index in [1.165, 1.54) is 18.2 Å². The molecule has 0 radical (unpaired) electrons. The molecule has 1 aromatic carbocycles. The molecule has 0 saturated carbocycles. The number of benzene rings is 1. The Bertz CT molecular complexity index is 508. The van der Waals surface area contributed by atoms with E-state index in [2.05, 4.69) is 0 Å². The van der Waals surface area contributed by atoms with Crippen molar-refractivity contribution in [2.24, 2.45) is 0 Å². The van der Waals surface area contributed by atoms with Crippen LogP contribution in [0.1, 0.15) is 25.5 Å². The Morgan fingerprint density at radius 2 is 2.17 bits per heavy atom. The molecule has 0 amide bonds. The molecule has 1 atom stereocenters. The second-order valence-corrected chi connectivity index (χ2v) is 4.23. The normalized spacial score (nSPS) is 18.8. The summed E-state index contributed by atoms with van der Waals surface area (Å²) in [4.78, 5) is 11.0. The van der Waals surface area contributed by atoms with E-state index in [4.69, 9.17) is 14.6 Å². The summed E-state index contributed by atoms with van der Waals surface area (Å²) in [6.07, 6.45) is 0.360. The van der Waals surface area contributed by atoms with E-state index in [0.29, 0.717) is 5.56 Å². The van der Waals surface area contributed by atoms with Gasteiger partial charge in [0.25, 0.3) is 0 Å². The maximum absolute atomic E-state index is 13.7. The summed E-state index contributed by atoms with van der Waals surface area (Å²) in [6, 6.07) is 4.29. The average Bonchev–Trinajstić information content (AvgIpc) is 2.62. The van der Waals surface area contributed by atoms with Crippen molar-refractivity contribution in [2.45, 2.75) is 26.1 Å². The Labute approximate surface area is 104 Å².